The Morgan fingerprint density at radius 3 is 2.66 bits per heavy atom. The molecule has 0 fully saturated rings. The molecule has 0 aliphatic heterocycles. The van der Waals surface area contributed by atoms with Crippen LogP contribution in [0.15, 0.2) is 24.3 Å². The van der Waals surface area contributed by atoms with Gasteiger partial charge in [0, 0.05) is 37.4 Å². The van der Waals surface area contributed by atoms with Gasteiger partial charge in [-0.15, -0.1) is 0 Å². The Labute approximate surface area is 208 Å². The van der Waals surface area contributed by atoms with Gasteiger partial charge in [-0.05, 0) is 69.9 Å². The lowest BCUT2D eigenvalue weighted by molar-refractivity contribution is -0.130. The number of anilines is 1. The van der Waals surface area contributed by atoms with E-state index >= 15 is 0 Å². The molecule has 3 rings (SSSR count). The molecule has 1 amide bonds. The number of hydrogen-bond donors (Lipinski definition) is 3. The summed E-state index contributed by atoms with van der Waals surface area (Å²) in [7, 11) is 0. The molecule has 0 bridgehead atoms. The number of imidazole rings is 1. The summed E-state index contributed by atoms with van der Waals surface area (Å²) in [6.45, 7) is 14.7. The molecule has 3 N–H and O–H groups in total. The summed E-state index contributed by atoms with van der Waals surface area (Å²) in [5.41, 5.74) is 5.17. The van der Waals surface area contributed by atoms with Crippen LogP contribution in [0.3, 0.4) is 0 Å². The Morgan fingerprint density at radius 2 is 1.91 bits per heavy atom. The number of amides is 1. The number of nitrogens with zero attached hydrogens (tertiary/aromatic N) is 3. The number of pyridine rings is 1. The third kappa shape index (κ3) is 6.72. The largest absolute Gasteiger partial charge is 0.506 e. The maximum absolute atomic E-state index is 12.6. The van der Waals surface area contributed by atoms with Crippen molar-refractivity contribution < 1.29 is 14.6 Å². The van der Waals surface area contributed by atoms with E-state index in [2.05, 4.69) is 46.2 Å². The first-order chi connectivity index (χ1) is 16.6. The van der Waals surface area contributed by atoms with Crippen LogP contribution in [0.1, 0.15) is 56.1 Å². The molecule has 0 aliphatic carbocycles. The molecule has 35 heavy (non-hydrogen) atoms. The van der Waals surface area contributed by atoms with Crippen molar-refractivity contribution in [2.75, 3.05) is 31.6 Å². The minimum Gasteiger partial charge on any atom is -0.506 e. The maximum Gasteiger partial charge on any atom is 0.225 e. The highest BCUT2D eigenvalue weighted by Crippen LogP contribution is 2.27. The Hall–Kier alpha value is -3.13. The van der Waals surface area contributed by atoms with Crippen LogP contribution in [0.4, 0.5) is 5.95 Å². The van der Waals surface area contributed by atoms with Gasteiger partial charge in [0.25, 0.3) is 0 Å². The third-order valence-electron chi connectivity index (χ3n) is 6.20. The summed E-state index contributed by atoms with van der Waals surface area (Å²) in [5, 5.41) is 16.8. The van der Waals surface area contributed by atoms with Crippen LogP contribution in [0.2, 0.25) is 0 Å². The lowest BCUT2D eigenvalue weighted by atomic mass is 9.88. The SMILES string of the molecule is CCOCCC(C)(C)C(=O)NCCCNc1nc2c(C)cc(C)cc2n1Cc1nc(C)ccc1O. The van der Waals surface area contributed by atoms with Gasteiger partial charge in [0.15, 0.2) is 0 Å². The molecule has 0 spiro atoms. The Morgan fingerprint density at radius 1 is 1.14 bits per heavy atom. The van der Waals surface area contributed by atoms with Crippen molar-refractivity contribution in [3.8, 4) is 5.75 Å². The Kier molecular flexibility index (Phi) is 8.72. The molecule has 8 nitrogen and oxygen atoms in total. The molecule has 2 heterocycles. The van der Waals surface area contributed by atoms with Crippen LogP contribution in [0, 0.1) is 26.2 Å². The molecule has 0 saturated heterocycles. The molecule has 2 aromatic heterocycles. The van der Waals surface area contributed by atoms with Crippen LogP contribution in [-0.2, 0) is 16.1 Å². The smallest absolute Gasteiger partial charge is 0.225 e. The first-order valence-electron chi connectivity index (χ1n) is 12.3. The first-order valence-corrected chi connectivity index (χ1v) is 12.3. The molecule has 1 aromatic carbocycles. The van der Waals surface area contributed by atoms with Gasteiger partial charge in [-0.25, -0.2) is 4.98 Å². The second kappa shape index (κ2) is 11.5. The van der Waals surface area contributed by atoms with E-state index in [1.807, 2.05) is 27.7 Å². The zero-order valence-electron chi connectivity index (χ0n) is 21.9. The Balaban J connectivity index is 1.69. The quantitative estimate of drug-likeness (QED) is 0.330. The molecular weight excluding hydrogens is 442 g/mol. The summed E-state index contributed by atoms with van der Waals surface area (Å²) < 4.78 is 7.46. The van der Waals surface area contributed by atoms with Crippen molar-refractivity contribution in [1.29, 1.82) is 0 Å². The highest BCUT2D eigenvalue weighted by atomic mass is 16.5. The molecule has 0 unspecified atom stereocenters. The molecular formula is C27H39N5O3. The number of fused-ring (bicyclic) bond motifs is 1. The lowest BCUT2D eigenvalue weighted by Gasteiger charge is -2.23. The predicted octanol–water partition coefficient (Wildman–Crippen LogP) is 4.48. The van der Waals surface area contributed by atoms with Gasteiger partial charge in [0.1, 0.15) is 11.4 Å². The number of carbonyl (C=O) groups is 1. The summed E-state index contributed by atoms with van der Waals surface area (Å²) in [4.78, 5) is 22.0. The number of hydrogen-bond acceptors (Lipinski definition) is 6. The lowest BCUT2D eigenvalue weighted by Crippen LogP contribution is -2.38. The summed E-state index contributed by atoms with van der Waals surface area (Å²) >= 11 is 0. The van der Waals surface area contributed by atoms with Crippen molar-refractivity contribution in [2.45, 2.75) is 60.9 Å². The van der Waals surface area contributed by atoms with E-state index in [1.54, 1.807) is 12.1 Å². The number of benzene rings is 1. The fourth-order valence-electron chi connectivity index (χ4n) is 4.05. The number of aryl methyl sites for hydroxylation is 3. The van der Waals surface area contributed by atoms with Crippen LogP contribution in [0.25, 0.3) is 11.0 Å². The number of rotatable bonds is 12. The van der Waals surface area contributed by atoms with Crippen LogP contribution in [0.5, 0.6) is 5.75 Å². The van der Waals surface area contributed by atoms with E-state index in [-0.39, 0.29) is 11.7 Å². The molecule has 0 aliphatic rings. The number of nitrogens with one attached hydrogen (secondary N) is 2. The topological polar surface area (TPSA) is 101 Å². The molecule has 0 saturated carbocycles. The van der Waals surface area contributed by atoms with Crippen molar-refractivity contribution in [3.05, 3.63) is 46.8 Å². The van der Waals surface area contributed by atoms with Crippen molar-refractivity contribution in [3.63, 3.8) is 0 Å². The van der Waals surface area contributed by atoms with E-state index in [0.29, 0.717) is 45.0 Å². The van der Waals surface area contributed by atoms with Gasteiger partial charge in [0.2, 0.25) is 11.9 Å². The number of aromatic nitrogens is 3. The monoisotopic (exact) mass is 481 g/mol. The second-order valence-electron chi connectivity index (χ2n) is 9.76. The summed E-state index contributed by atoms with van der Waals surface area (Å²) in [5.74, 6) is 0.929. The van der Waals surface area contributed by atoms with E-state index < -0.39 is 5.41 Å². The molecule has 8 heteroatoms. The van der Waals surface area contributed by atoms with Crippen molar-refractivity contribution >= 4 is 22.9 Å². The zero-order valence-corrected chi connectivity index (χ0v) is 21.9. The van der Waals surface area contributed by atoms with Crippen molar-refractivity contribution in [1.82, 2.24) is 19.9 Å². The van der Waals surface area contributed by atoms with Gasteiger partial charge < -0.3 is 25.0 Å². The maximum atomic E-state index is 12.6. The third-order valence-corrected chi connectivity index (χ3v) is 6.20. The van der Waals surface area contributed by atoms with Crippen molar-refractivity contribution in [2.24, 2.45) is 5.41 Å². The fourth-order valence-corrected chi connectivity index (χ4v) is 4.05. The van der Waals surface area contributed by atoms with Gasteiger partial charge >= 0.3 is 0 Å². The highest BCUT2D eigenvalue weighted by Gasteiger charge is 2.26. The predicted molar refractivity (Wildman–Crippen MR) is 140 cm³/mol. The summed E-state index contributed by atoms with van der Waals surface area (Å²) in [6.07, 6.45) is 1.44. The molecule has 0 radical (unpaired) electrons. The molecule has 3 aromatic rings. The van der Waals surface area contributed by atoms with Gasteiger partial charge in [-0.1, -0.05) is 19.9 Å². The van der Waals surface area contributed by atoms with Crippen LogP contribution >= 0.6 is 0 Å². The van der Waals surface area contributed by atoms with E-state index in [9.17, 15) is 9.90 Å². The van der Waals surface area contributed by atoms with E-state index in [0.717, 1.165) is 40.2 Å². The summed E-state index contributed by atoms with van der Waals surface area (Å²) in [6, 6.07) is 7.70. The van der Waals surface area contributed by atoms with Crippen LogP contribution in [-0.4, -0.2) is 51.9 Å². The van der Waals surface area contributed by atoms with Crippen LogP contribution < -0.4 is 10.6 Å². The Bertz CT molecular complexity index is 1170. The standard InChI is InChI=1S/C27H39N5O3/c1-7-35-14-11-27(5,6)25(34)28-12-8-13-29-26-31-24-19(3)15-18(2)16-22(24)32(26)17-21-23(33)10-9-20(4)30-21/h9-10,15-16,33H,7-8,11-14,17H2,1-6H3,(H,28,34)(H,29,31). The first kappa shape index (κ1) is 26.5. The average molecular weight is 482 g/mol. The fraction of sp³-hybridized carbons (Fsp3) is 0.519. The highest BCUT2D eigenvalue weighted by molar-refractivity contribution is 5.83. The number of ether oxygens (including phenoxy) is 1. The zero-order chi connectivity index (χ0) is 25.6. The average Bonchev–Trinajstić information content (AvgIpc) is 3.13. The van der Waals surface area contributed by atoms with Gasteiger partial charge in [-0.3, -0.25) is 9.78 Å². The minimum atomic E-state index is -0.464. The van der Waals surface area contributed by atoms with E-state index in [1.165, 1.54) is 0 Å². The normalized spacial score (nSPS) is 11.7. The van der Waals surface area contributed by atoms with Gasteiger partial charge in [-0.2, -0.15) is 0 Å². The number of aromatic hydroxyl groups is 1. The minimum absolute atomic E-state index is 0.0385. The number of carbonyl (C=O) groups excluding carboxylic acids is 1. The second-order valence-corrected chi connectivity index (χ2v) is 9.76. The molecule has 0 atom stereocenters. The van der Waals surface area contributed by atoms with Gasteiger partial charge in [0.05, 0.1) is 17.6 Å². The molecule has 190 valence electrons. The van der Waals surface area contributed by atoms with E-state index in [4.69, 9.17) is 9.72 Å².